The summed E-state index contributed by atoms with van der Waals surface area (Å²) in [4.78, 5) is 17.0. The van der Waals surface area contributed by atoms with E-state index in [2.05, 4.69) is 15.5 Å². The van der Waals surface area contributed by atoms with Gasteiger partial charge in [-0.15, -0.1) is 0 Å². The lowest BCUT2D eigenvalue weighted by Gasteiger charge is -2.13. The van der Waals surface area contributed by atoms with Crippen molar-refractivity contribution in [3.63, 3.8) is 0 Å². The van der Waals surface area contributed by atoms with E-state index in [9.17, 15) is 9.18 Å². The van der Waals surface area contributed by atoms with Crippen LogP contribution in [0.15, 0.2) is 53.1 Å². The molecular formula is C20H18FN3O2. The van der Waals surface area contributed by atoms with Crippen LogP contribution in [0, 0.1) is 5.82 Å². The lowest BCUT2D eigenvalue weighted by molar-refractivity contribution is 0.0938. The van der Waals surface area contributed by atoms with Crippen molar-refractivity contribution in [2.24, 2.45) is 0 Å². The van der Waals surface area contributed by atoms with Gasteiger partial charge in [0.15, 0.2) is 0 Å². The third kappa shape index (κ3) is 3.35. The summed E-state index contributed by atoms with van der Waals surface area (Å²) in [5, 5.41) is 7.04. The SMILES string of the molecule is O=C(NC1CCCC1)c1ccccc1-c1nc(-c2ccc(F)cc2)no1. The Bertz CT molecular complexity index is 915. The molecule has 0 unspecified atom stereocenters. The van der Waals surface area contributed by atoms with Crippen LogP contribution < -0.4 is 5.32 Å². The number of halogens is 1. The first kappa shape index (κ1) is 16.4. The molecule has 26 heavy (non-hydrogen) atoms. The molecule has 4 rings (SSSR count). The van der Waals surface area contributed by atoms with Crippen LogP contribution in [0.3, 0.4) is 0 Å². The van der Waals surface area contributed by atoms with E-state index in [4.69, 9.17) is 4.52 Å². The highest BCUT2D eigenvalue weighted by atomic mass is 19.1. The summed E-state index contributed by atoms with van der Waals surface area (Å²) in [6.07, 6.45) is 4.33. The molecule has 0 spiro atoms. The molecule has 1 aliphatic rings. The van der Waals surface area contributed by atoms with Gasteiger partial charge >= 0.3 is 0 Å². The lowest BCUT2D eigenvalue weighted by atomic mass is 10.1. The molecule has 1 amide bonds. The fourth-order valence-corrected chi connectivity index (χ4v) is 3.25. The molecule has 2 aromatic carbocycles. The van der Waals surface area contributed by atoms with E-state index in [1.54, 1.807) is 24.3 Å². The first-order chi connectivity index (χ1) is 12.7. The second-order valence-electron chi connectivity index (χ2n) is 6.43. The molecule has 0 bridgehead atoms. The van der Waals surface area contributed by atoms with Crippen LogP contribution in [-0.2, 0) is 0 Å². The van der Waals surface area contributed by atoms with Crippen LogP contribution in [0.25, 0.3) is 22.8 Å². The van der Waals surface area contributed by atoms with Crippen molar-refractivity contribution in [3.8, 4) is 22.8 Å². The second kappa shape index (κ2) is 7.07. The van der Waals surface area contributed by atoms with Crippen molar-refractivity contribution in [2.45, 2.75) is 31.7 Å². The molecule has 1 aliphatic carbocycles. The van der Waals surface area contributed by atoms with Gasteiger partial charge in [-0.05, 0) is 49.2 Å². The largest absolute Gasteiger partial charge is 0.349 e. The Morgan fingerprint density at radius 3 is 2.58 bits per heavy atom. The Hall–Kier alpha value is -3.02. The van der Waals surface area contributed by atoms with Crippen molar-refractivity contribution < 1.29 is 13.7 Å². The molecule has 0 atom stereocenters. The number of carbonyl (C=O) groups is 1. The molecule has 6 heteroatoms. The third-order valence-corrected chi connectivity index (χ3v) is 4.62. The fourth-order valence-electron chi connectivity index (χ4n) is 3.25. The highest BCUT2D eigenvalue weighted by molar-refractivity contribution is 6.00. The Morgan fingerprint density at radius 1 is 1.08 bits per heavy atom. The Kier molecular flexibility index (Phi) is 4.48. The number of nitrogens with one attached hydrogen (secondary N) is 1. The van der Waals surface area contributed by atoms with Gasteiger partial charge in [0.1, 0.15) is 5.82 Å². The van der Waals surface area contributed by atoms with Gasteiger partial charge in [-0.3, -0.25) is 4.79 Å². The minimum absolute atomic E-state index is 0.131. The predicted molar refractivity (Wildman–Crippen MR) is 94.9 cm³/mol. The summed E-state index contributed by atoms with van der Waals surface area (Å²) in [6.45, 7) is 0. The van der Waals surface area contributed by atoms with Crippen molar-refractivity contribution in [1.82, 2.24) is 15.5 Å². The fraction of sp³-hybridized carbons (Fsp3) is 0.250. The van der Waals surface area contributed by atoms with Gasteiger partial charge in [0.2, 0.25) is 5.82 Å². The maximum atomic E-state index is 13.1. The Labute approximate surface area is 150 Å². The first-order valence-corrected chi connectivity index (χ1v) is 8.70. The molecule has 1 heterocycles. The number of rotatable bonds is 4. The zero-order chi connectivity index (χ0) is 17.9. The molecule has 0 saturated heterocycles. The summed E-state index contributed by atoms with van der Waals surface area (Å²) in [6, 6.07) is 13.3. The van der Waals surface area contributed by atoms with Crippen molar-refractivity contribution >= 4 is 5.91 Å². The number of aromatic nitrogens is 2. The van der Waals surface area contributed by atoms with Crippen molar-refractivity contribution in [1.29, 1.82) is 0 Å². The smallest absolute Gasteiger partial charge is 0.259 e. The normalized spacial score (nSPS) is 14.5. The van der Waals surface area contributed by atoms with E-state index in [0.29, 0.717) is 22.5 Å². The number of hydrogen-bond acceptors (Lipinski definition) is 4. The quantitative estimate of drug-likeness (QED) is 0.764. The van der Waals surface area contributed by atoms with E-state index < -0.39 is 0 Å². The predicted octanol–water partition coefficient (Wildman–Crippen LogP) is 4.22. The van der Waals surface area contributed by atoms with Crippen LogP contribution in [0.1, 0.15) is 36.0 Å². The molecule has 0 radical (unpaired) electrons. The minimum atomic E-state index is -0.327. The number of amides is 1. The Balaban J connectivity index is 1.62. The topological polar surface area (TPSA) is 68.0 Å². The van der Waals surface area contributed by atoms with E-state index in [-0.39, 0.29) is 23.7 Å². The van der Waals surface area contributed by atoms with E-state index in [0.717, 1.165) is 25.7 Å². The molecular weight excluding hydrogens is 333 g/mol. The summed E-state index contributed by atoms with van der Waals surface area (Å²) in [5.74, 6) is 0.160. The van der Waals surface area contributed by atoms with Gasteiger partial charge < -0.3 is 9.84 Å². The molecule has 1 saturated carbocycles. The Morgan fingerprint density at radius 2 is 1.81 bits per heavy atom. The molecule has 3 aromatic rings. The average molecular weight is 351 g/mol. The summed E-state index contributed by atoms with van der Waals surface area (Å²) < 4.78 is 18.4. The summed E-state index contributed by atoms with van der Waals surface area (Å²) in [5.41, 5.74) is 1.74. The van der Waals surface area contributed by atoms with Gasteiger partial charge in [-0.1, -0.05) is 30.1 Å². The molecule has 132 valence electrons. The van der Waals surface area contributed by atoms with Crippen LogP contribution in [0.4, 0.5) is 4.39 Å². The zero-order valence-corrected chi connectivity index (χ0v) is 14.1. The monoisotopic (exact) mass is 351 g/mol. The highest BCUT2D eigenvalue weighted by Gasteiger charge is 2.22. The van der Waals surface area contributed by atoms with Gasteiger partial charge in [-0.2, -0.15) is 4.98 Å². The molecule has 5 nitrogen and oxygen atoms in total. The van der Waals surface area contributed by atoms with Gasteiger partial charge in [0, 0.05) is 11.6 Å². The third-order valence-electron chi connectivity index (χ3n) is 4.62. The van der Waals surface area contributed by atoms with Crippen LogP contribution in [0.5, 0.6) is 0 Å². The average Bonchev–Trinajstić information content (AvgIpc) is 3.34. The van der Waals surface area contributed by atoms with Gasteiger partial charge in [-0.25, -0.2) is 4.39 Å². The summed E-state index contributed by atoms with van der Waals surface area (Å²) in [7, 11) is 0. The number of carbonyl (C=O) groups excluding carboxylic acids is 1. The first-order valence-electron chi connectivity index (χ1n) is 8.70. The van der Waals surface area contributed by atoms with Crippen LogP contribution in [0.2, 0.25) is 0 Å². The van der Waals surface area contributed by atoms with Crippen molar-refractivity contribution in [2.75, 3.05) is 0 Å². The maximum Gasteiger partial charge on any atom is 0.259 e. The second-order valence-corrected chi connectivity index (χ2v) is 6.43. The number of hydrogen-bond donors (Lipinski definition) is 1. The highest BCUT2D eigenvalue weighted by Crippen LogP contribution is 2.26. The molecule has 1 aromatic heterocycles. The maximum absolute atomic E-state index is 13.1. The standard InChI is InChI=1S/C20H18FN3O2/c21-14-11-9-13(10-12-14)18-23-20(26-24-18)17-8-4-3-7-16(17)19(25)22-15-5-1-2-6-15/h3-4,7-12,15H,1-2,5-6H2,(H,22,25). The molecule has 1 fully saturated rings. The van der Waals surface area contributed by atoms with Crippen LogP contribution >= 0.6 is 0 Å². The molecule has 1 N–H and O–H groups in total. The number of nitrogens with zero attached hydrogens (tertiary/aromatic N) is 2. The minimum Gasteiger partial charge on any atom is -0.349 e. The zero-order valence-electron chi connectivity index (χ0n) is 14.1. The van der Waals surface area contributed by atoms with Crippen LogP contribution in [-0.4, -0.2) is 22.1 Å². The van der Waals surface area contributed by atoms with Gasteiger partial charge in [0.25, 0.3) is 11.8 Å². The number of benzene rings is 2. The van der Waals surface area contributed by atoms with E-state index in [1.165, 1.54) is 12.1 Å². The van der Waals surface area contributed by atoms with Crippen molar-refractivity contribution in [3.05, 3.63) is 59.9 Å². The lowest BCUT2D eigenvalue weighted by Crippen LogP contribution is -2.32. The van der Waals surface area contributed by atoms with E-state index >= 15 is 0 Å². The van der Waals surface area contributed by atoms with Gasteiger partial charge in [0.05, 0.1) is 11.1 Å². The molecule has 0 aliphatic heterocycles. The summed E-state index contributed by atoms with van der Waals surface area (Å²) >= 11 is 0. The van der Waals surface area contributed by atoms with E-state index in [1.807, 2.05) is 12.1 Å².